The highest BCUT2D eigenvalue weighted by Crippen LogP contribution is 2.38. The average molecular weight is 517 g/mol. The molecular weight excluding hydrogens is 491 g/mol. The summed E-state index contributed by atoms with van der Waals surface area (Å²) in [5.41, 5.74) is 1.26. The Kier molecular flexibility index (Phi) is 7.98. The Bertz CT molecular complexity index is 1160. The van der Waals surface area contributed by atoms with E-state index in [-0.39, 0.29) is 23.2 Å². The fraction of sp³-hybridized carbons (Fsp3) is 0.346. The monoisotopic (exact) mass is 516 g/mol. The second-order valence-corrected chi connectivity index (χ2v) is 9.31. The zero-order valence-corrected chi connectivity index (χ0v) is 20.8. The van der Waals surface area contributed by atoms with Crippen molar-refractivity contribution in [1.29, 1.82) is 0 Å². The van der Waals surface area contributed by atoms with E-state index in [2.05, 4.69) is 5.32 Å². The first-order valence-electron chi connectivity index (χ1n) is 11.6. The van der Waals surface area contributed by atoms with Crippen molar-refractivity contribution in [3.05, 3.63) is 63.1 Å². The SMILES string of the molecule is CCOc1cc(C=C2C(=O)NC(=O)N(C3CCCCC3)C2=O)cc(Cl)c1OCc1ccc(Cl)cc1. The third kappa shape index (κ3) is 5.80. The summed E-state index contributed by atoms with van der Waals surface area (Å²) < 4.78 is 11.7. The Hall–Kier alpha value is -3.03. The molecule has 0 radical (unpaired) electrons. The van der Waals surface area contributed by atoms with Gasteiger partial charge < -0.3 is 9.47 Å². The maximum Gasteiger partial charge on any atom is 0.331 e. The van der Waals surface area contributed by atoms with E-state index in [1.54, 1.807) is 24.3 Å². The smallest absolute Gasteiger partial charge is 0.331 e. The predicted octanol–water partition coefficient (Wildman–Crippen LogP) is 5.77. The molecule has 0 bridgehead atoms. The molecule has 2 aromatic carbocycles. The molecule has 184 valence electrons. The lowest BCUT2D eigenvalue weighted by atomic mass is 9.93. The molecule has 1 saturated heterocycles. The molecule has 9 heteroatoms. The van der Waals surface area contributed by atoms with Crippen LogP contribution in [0.15, 0.2) is 42.0 Å². The molecule has 1 aliphatic carbocycles. The molecule has 0 aromatic heterocycles. The molecule has 35 heavy (non-hydrogen) atoms. The van der Waals surface area contributed by atoms with Crippen molar-refractivity contribution in [3.63, 3.8) is 0 Å². The van der Waals surface area contributed by atoms with E-state index in [1.807, 2.05) is 19.1 Å². The number of halogens is 2. The normalized spacial score (nSPS) is 18.1. The van der Waals surface area contributed by atoms with Gasteiger partial charge in [0.15, 0.2) is 11.5 Å². The highest BCUT2D eigenvalue weighted by atomic mass is 35.5. The Morgan fingerprint density at radius 2 is 1.74 bits per heavy atom. The average Bonchev–Trinajstić information content (AvgIpc) is 2.83. The van der Waals surface area contributed by atoms with Gasteiger partial charge >= 0.3 is 6.03 Å². The first kappa shape index (κ1) is 25.1. The van der Waals surface area contributed by atoms with Gasteiger partial charge in [-0.1, -0.05) is 54.6 Å². The van der Waals surface area contributed by atoms with Crippen LogP contribution in [0.1, 0.15) is 50.2 Å². The molecule has 4 rings (SSSR count). The highest BCUT2D eigenvalue weighted by Gasteiger charge is 2.40. The number of nitrogens with one attached hydrogen (secondary N) is 1. The van der Waals surface area contributed by atoms with E-state index in [0.717, 1.165) is 37.7 Å². The molecule has 1 N–H and O–H groups in total. The van der Waals surface area contributed by atoms with Crippen LogP contribution in [0.4, 0.5) is 4.79 Å². The molecule has 2 aliphatic rings. The lowest BCUT2D eigenvalue weighted by molar-refractivity contribution is -0.132. The maximum atomic E-state index is 13.2. The van der Waals surface area contributed by atoms with Gasteiger partial charge in [0.1, 0.15) is 12.2 Å². The van der Waals surface area contributed by atoms with Crippen LogP contribution >= 0.6 is 23.2 Å². The third-order valence-corrected chi connectivity index (χ3v) is 6.54. The van der Waals surface area contributed by atoms with E-state index in [1.165, 1.54) is 11.0 Å². The predicted molar refractivity (Wildman–Crippen MR) is 134 cm³/mol. The van der Waals surface area contributed by atoms with Crippen molar-refractivity contribution < 1.29 is 23.9 Å². The minimum atomic E-state index is -0.732. The number of urea groups is 1. The number of benzene rings is 2. The topological polar surface area (TPSA) is 84.9 Å². The molecule has 7 nitrogen and oxygen atoms in total. The van der Waals surface area contributed by atoms with E-state index in [9.17, 15) is 14.4 Å². The molecule has 0 atom stereocenters. The summed E-state index contributed by atoms with van der Waals surface area (Å²) in [7, 11) is 0. The Morgan fingerprint density at radius 3 is 2.43 bits per heavy atom. The second-order valence-electron chi connectivity index (χ2n) is 8.46. The molecule has 0 spiro atoms. The number of rotatable bonds is 7. The van der Waals surface area contributed by atoms with Crippen molar-refractivity contribution >= 4 is 47.1 Å². The van der Waals surface area contributed by atoms with E-state index in [0.29, 0.717) is 28.7 Å². The molecule has 1 heterocycles. The number of nitrogens with zero attached hydrogens (tertiary/aromatic N) is 1. The fourth-order valence-corrected chi connectivity index (χ4v) is 4.72. The lowest BCUT2D eigenvalue weighted by Crippen LogP contribution is -2.58. The Morgan fingerprint density at radius 1 is 1.03 bits per heavy atom. The van der Waals surface area contributed by atoms with Crippen molar-refractivity contribution in [3.8, 4) is 11.5 Å². The molecule has 0 unspecified atom stereocenters. The van der Waals surface area contributed by atoms with Crippen LogP contribution in [0.25, 0.3) is 6.08 Å². The number of hydrogen-bond acceptors (Lipinski definition) is 5. The number of carbonyl (C=O) groups is 3. The van der Waals surface area contributed by atoms with Gasteiger partial charge in [-0.2, -0.15) is 0 Å². The molecular formula is C26H26Cl2N2O5. The minimum absolute atomic E-state index is 0.122. The number of amides is 4. The summed E-state index contributed by atoms with van der Waals surface area (Å²) in [4.78, 5) is 39.3. The maximum absolute atomic E-state index is 13.2. The summed E-state index contributed by atoms with van der Waals surface area (Å²) in [6.45, 7) is 2.43. The van der Waals surface area contributed by atoms with Gasteiger partial charge in [0.05, 0.1) is 11.6 Å². The summed E-state index contributed by atoms with van der Waals surface area (Å²) in [5, 5.41) is 3.19. The molecule has 1 aliphatic heterocycles. The summed E-state index contributed by atoms with van der Waals surface area (Å²) in [5.74, 6) is -0.597. The van der Waals surface area contributed by atoms with Crippen LogP contribution in [0.5, 0.6) is 11.5 Å². The van der Waals surface area contributed by atoms with Gasteiger partial charge in [0.25, 0.3) is 11.8 Å². The molecule has 2 fully saturated rings. The summed E-state index contributed by atoms with van der Waals surface area (Å²) >= 11 is 12.5. The van der Waals surface area contributed by atoms with Gasteiger partial charge in [-0.25, -0.2) is 4.79 Å². The molecule has 2 aromatic rings. The number of hydrogen-bond donors (Lipinski definition) is 1. The van der Waals surface area contributed by atoms with Gasteiger partial charge in [0.2, 0.25) is 0 Å². The van der Waals surface area contributed by atoms with Crippen LogP contribution < -0.4 is 14.8 Å². The fourth-order valence-electron chi connectivity index (χ4n) is 4.32. The van der Waals surface area contributed by atoms with Crippen molar-refractivity contribution in [2.75, 3.05) is 6.61 Å². The van der Waals surface area contributed by atoms with Gasteiger partial charge in [-0.15, -0.1) is 0 Å². The quantitative estimate of drug-likeness (QED) is 0.373. The minimum Gasteiger partial charge on any atom is -0.490 e. The zero-order chi connectivity index (χ0) is 24.9. The van der Waals surface area contributed by atoms with Crippen LogP contribution in [0, 0.1) is 0 Å². The summed E-state index contributed by atoms with van der Waals surface area (Å²) in [6.07, 6.45) is 5.87. The van der Waals surface area contributed by atoms with Crippen LogP contribution in [0.3, 0.4) is 0 Å². The van der Waals surface area contributed by atoms with Crippen LogP contribution in [0.2, 0.25) is 10.0 Å². The number of ether oxygens (including phenoxy) is 2. The van der Waals surface area contributed by atoms with E-state index in [4.69, 9.17) is 32.7 Å². The summed E-state index contributed by atoms with van der Waals surface area (Å²) in [6, 6.07) is 9.62. The van der Waals surface area contributed by atoms with E-state index < -0.39 is 17.8 Å². The van der Waals surface area contributed by atoms with E-state index >= 15 is 0 Å². The first-order chi connectivity index (χ1) is 16.9. The lowest BCUT2D eigenvalue weighted by Gasteiger charge is -2.35. The standard InChI is InChI=1S/C26H26Cl2N2O5/c1-2-34-22-14-17(13-21(28)23(22)35-15-16-8-10-18(27)11-9-16)12-20-24(31)29-26(33)30(25(20)32)19-6-4-3-5-7-19/h8-14,19H,2-7,15H2,1H3,(H,29,31,33). The third-order valence-electron chi connectivity index (χ3n) is 6.01. The van der Waals surface area contributed by atoms with Crippen molar-refractivity contribution in [2.24, 2.45) is 0 Å². The molecule has 4 amide bonds. The number of barbiturate groups is 1. The molecule has 1 saturated carbocycles. The van der Waals surface area contributed by atoms with Crippen molar-refractivity contribution in [1.82, 2.24) is 10.2 Å². The zero-order valence-electron chi connectivity index (χ0n) is 19.3. The Balaban J connectivity index is 1.61. The number of imide groups is 2. The van der Waals surface area contributed by atoms with Gasteiger partial charge in [-0.3, -0.25) is 19.8 Å². The largest absolute Gasteiger partial charge is 0.490 e. The second kappa shape index (κ2) is 11.1. The Labute approximate surface area is 214 Å². The van der Waals surface area contributed by atoms with Gasteiger partial charge in [0, 0.05) is 11.1 Å². The van der Waals surface area contributed by atoms with Crippen LogP contribution in [-0.4, -0.2) is 35.4 Å². The van der Waals surface area contributed by atoms with Crippen molar-refractivity contribution in [2.45, 2.75) is 51.7 Å². The number of carbonyl (C=O) groups excluding carboxylic acids is 3. The van der Waals surface area contributed by atoms with Crippen LogP contribution in [-0.2, 0) is 16.2 Å². The first-order valence-corrected chi connectivity index (χ1v) is 12.4. The highest BCUT2D eigenvalue weighted by molar-refractivity contribution is 6.33. The van der Waals surface area contributed by atoms with Gasteiger partial charge in [-0.05, 0) is 61.2 Å².